The molecule has 4 rings (SSSR count). The van der Waals surface area contributed by atoms with E-state index in [1.165, 1.54) is 18.2 Å². The predicted molar refractivity (Wildman–Crippen MR) is 112 cm³/mol. The number of rotatable bonds is 4. The number of carbonyl (C=O) groups excluding carboxylic acids is 1. The van der Waals surface area contributed by atoms with Crippen molar-refractivity contribution < 1.29 is 22.7 Å². The summed E-state index contributed by atoms with van der Waals surface area (Å²) in [5.74, 6) is 3.29. The average Bonchev–Trinajstić information content (AvgIpc) is 3.30. The highest BCUT2D eigenvalue weighted by Gasteiger charge is 2.13. The average molecular weight is 441 g/mol. The Bertz CT molecular complexity index is 1410. The maximum atomic E-state index is 12.4. The normalized spacial score (nSPS) is 13.8. The number of primary sulfonamides is 1. The van der Waals surface area contributed by atoms with E-state index in [1.54, 1.807) is 34.9 Å². The van der Waals surface area contributed by atoms with Gasteiger partial charge in [-0.05, 0) is 42.0 Å². The number of terminal acetylenes is 1. The molecule has 8 nitrogen and oxygen atoms in total. The van der Waals surface area contributed by atoms with Crippen LogP contribution in [0.5, 0.6) is 11.5 Å². The first-order valence-corrected chi connectivity index (χ1v) is 11.0. The van der Waals surface area contributed by atoms with Crippen LogP contribution in [0.4, 0.5) is 0 Å². The lowest BCUT2D eigenvalue weighted by Crippen LogP contribution is -2.16. The second-order valence-electron chi connectivity index (χ2n) is 6.25. The molecule has 0 bridgehead atoms. The van der Waals surface area contributed by atoms with E-state index in [1.807, 2.05) is 0 Å². The Labute approximate surface area is 175 Å². The van der Waals surface area contributed by atoms with E-state index in [9.17, 15) is 13.2 Å². The Morgan fingerprint density at radius 1 is 1.27 bits per heavy atom. The van der Waals surface area contributed by atoms with Crippen LogP contribution in [0.3, 0.4) is 0 Å². The van der Waals surface area contributed by atoms with Crippen molar-refractivity contribution in [2.24, 2.45) is 10.1 Å². The van der Waals surface area contributed by atoms with Crippen molar-refractivity contribution in [3.05, 3.63) is 52.8 Å². The maximum absolute atomic E-state index is 12.4. The summed E-state index contributed by atoms with van der Waals surface area (Å²) < 4.78 is 36.0. The molecule has 0 unspecified atom stereocenters. The molecular formula is C20H15N3O5S2. The van der Waals surface area contributed by atoms with Crippen LogP contribution >= 0.6 is 11.3 Å². The van der Waals surface area contributed by atoms with Crippen LogP contribution in [-0.4, -0.2) is 25.7 Å². The lowest BCUT2D eigenvalue weighted by Gasteiger charge is -2.01. The van der Waals surface area contributed by atoms with Gasteiger partial charge in [-0.15, -0.1) is 6.42 Å². The van der Waals surface area contributed by atoms with E-state index in [0.29, 0.717) is 26.5 Å². The fraction of sp³-hybridized carbons (Fsp3) is 0.100. The smallest absolute Gasteiger partial charge is 0.272 e. The number of ether oxygens (including phenoxy) is 2. The van der Waals surface area contributed by atoms with Crippen LogP contribution in [-0.2, 0) is 21.4 Å². The van der Waals surface area contributed by atoms with Gasteiger partial charge in [0.15, 0.2) is 16.3 Å². The van der Waals surface area contributed by atoms with Gasteiger partial charge in [-0.2, -0.15) is 4.99 Å². The Balaban J connectivity index is 1.69. The molecule has 1 aromatic heterocycles. The van der Waals surface area contributed by atoms with Gasteiger partial charge < -0.3 is 14.0 Å². The summed E-state index contributed by atoms with van der Waals surface area (Å²) in [4.78, 5) is 16.8. The first-order chi connectivity index (χ1) is 14.3. The number of nitrogens with two attached hydrogens (primary N) is 1. The second-order valence-corrected chi connectivity index (χ2v) is 8.82. The number of thiazole rings is 1. The minimum atomic E-state index is -3.85. The number of hydrogen-bond acceptors (Lipinski definition) is 6. The molecule has 0 saturated heterocycles. The van der Waals surface area contributed by atoms with Crippen LogP contribution in [0.15, 0.2) is 52.4 Å². The number of aromatic nitrogens is 1. The van der Waals surface area contributed by atoms with Gasteiger partial charge in [0.2, 0.25) is 16.8 Å². The summed E-state index contributed by atoms with van der Waals surface area (Å²) in [6.45, 7) is 0.345. The molecule has 1 amide bonds. The number of fused-ring (bicyclic) bond motifs is 2. The zero-order valence-corrected chi connectivity index (χ0v) is 17.1. The molecule has 0 aliphatic carbocycles. The summed E-state index contributed by atoms with van der Waals surface area (Å²) >= 11 is 1.15. The van der Waals surface area contributed by atoms with Crippen molar-refractivity contribution in [1.29, 1.82) is 0 Å². The van der Waals surface area contributed by atoms with Crippen LogP contribution in [0, 0.1) is 12.3 Å². The second kappa shape index (κ2) is 7.79. The monoisotopic (exact) mass is 441 g/mol. The minimum Gasteiger partial charge on any atom is -0.454 e. The van der Waals surface area contributed by atoms with Crippen LogP contribution in [0.1, 0.15) is 5.56 Å². The molecular weight excluding hydrogens is 426 g/mol. The fourth-order valence-electron chi connectivity index (χ4n) is 2.88. The zero-order chi connectivity index (χ0) is 21.3. The fourth-order valence-corrected chi connectivity index (χ4v) is 4.56. The lowest BCUT2D eigenvalue weighted by molar-refractivity contribution is -0.113. The van der Waals surface area contributed by atoms with Gasteiger partial charge in [0, 0.05) is 6.08 Å². The molecule has 2 aromatic carbocycles. The van der Waals surface area contributed by atoms with Gasteiger partial charge in [-0.25, -0.2) is 13.6 Å². The van der Waals surface area contributed by atoms with Crippen molar-refractivity contribution in [3.8, 4) is 23.8 Å². The van der Waals surface area contributed by atoms with Crippen molar-refractivity contribution in [2.45, 2.75) is 11.4 Å². The van der Waals surface area contributed by atoms with Crippen molar-refractivity contribution in [3.63, 3.8) is 0 Å². The summed E-state index contributed by atoms with van der Waals surface area (Å²) in [5, 5.41) is 5.20. The lowest BCUT2D eigenvalue weighted by atomic mass is 10.2. The molecule has 152 valence electrons. The van der Waals surface area contributed by atoms with Gasteiger partial charge in [-0.3, -0.25) is 4.79 Å². The predicted octanol–water partition coefficient (Wildman–Crippen LogP) is 1.85. The molecule has 0 fully saturated rings. The number of hydrogen-bond donors (Lipinski definition) is 1. The van der Waals surface area contributed by atoms with E-state index in [4.69, 9.17) is 21.0 Å². The number of carbonyl (C=O) groups is 1. The van der Waals surface area contributed by atoms with Crippen LogP contribution in [0.2, 0.25) is 0 Å². The molecule has 30 heavy (non-hydrogen) atoms. The highest BCUT2D eigenvalue weighted by atomic mass is 32.2. The molecule has 0 spiro atoms. The van der Waals surface area contributed by atoms with Crippen LogP contribution in [0.25, 0.3) is 16.3 Å². The summed E-state index contributed by atoms with van der Waals surface area (Å²) in [7, 11) is -3.85. The molecule has 3 aromatic rings. The largest absolute Gasteiger partial charge is 0.454 e. The van der Waals surface area contributed by atoms with Gasteiger partial charge in [-0.1, -0.05) is 23.3 Å². The topological polar surface area (TPSA) is 113 Å². The Morgan fingerprint density at radius 2 is 2.07 bits per heavy atom. The Kier molecular flexibility index (Phi) is 5.17. The van der Waals surface area contributed by atoms with Gasteiger partial charge >= 0.3 is 0 Å². The molecule has 2 N–H and O–H groups in total. The molecule has 1 aliphatic heterocycles. The highest BCUT2D eigenvalue weighted by molar-refractivity contribution is 7.89. The molecule has 2 heterocycles. The number of benzene rings is 2. The molecule has 0 radical (unpaired) electrons. The van der Waals surface area contributed by atoms with E-state index in [-0.39, 0.29) is 18.2 Å². The van der Waals surface area contributed by atoms with E-state index in [2.05, 4.69) is 10.9 Å². The quantitative estimate of drug-likeness (QED) is 0.490. The SMILES string of the molecule is C#CCn1/c(=N/C(=O)/C=C\c2ccc3c(c2)OCO3)sc2cc(S(N)(=O)=O)ccc21. The van der Waals surface area contributed by atoms with E-state index in [0.717, 1.165) is 16.9 Å². The van der Waals surface area contributed by atoms with Crippen LogP contribution < -0.4 is 19.4 Å². The molecule has 10 heteroatoms. The molecule has 1 aliphatic rings. The zero-order valence-electron chi connectivity index (χ0n) is 15.4. The highest BCUT2D eigenvalue weighted by Crippen LogP contribution is 2.32. The summed E-state index contributed by atoms with van der Waals surface area (Å²) in [6.07, 6.45) is 8.39. The van der Waals surface area contributed by atoms with Crippen molar-refractivity contribution in [2.75, 3.05) is 6.79 Å². The summed E-state index contributed by atoms with van der Waals surface area (Å²) in [6, 6.07) is 9.74. The maximum Gasteiger partial charge on any atom is 0.272 e. The van der Waals surface area contributed by atoms with Gasteiger partial charge in [0.1, 0.15) is 0 Å². The van der Waals surface area contributed by atoms with Crippen molar-refractivity contribution in [1.82, 2.24) is 4.57 Å². The first kappa shape index (κ1) is 19.9. The minimum absolute atomic E-state index is 0.0234. The third kappa shape index (κ3) is 3.99. The van der Waals surface area contributed by atoms with E-state index < -0.39 is 15.9 Å². The van der Waals surface area contributed by atoms with Crippen molar-refractivity contribution >= 4 is 43.6 Å². The van der Waals surface area contributed by atoms with Gasteiger partial charge in [0.25, 0.3) is 5.91 Å². The molecule has 0 saturated carbocycles. The standard InChI is InChI=1S/C20H15N3O5S2/c1-2-9-23-15-6-5-14(30(21,25)26)11-18(15)29-20(23)22-19(24)8-4-13-3-7-16-17(10-13)28-12-27-16/h1,3-8,10-11H,9,12H2,(H2,21,25,26)/b8-4-,22-20-. The van der Waals surface area contributed by atoms with Gasteiger partial charge in [0.05, 0.1) is 21.7 Å². The number of sulfonamides is 1. The third-order valence-corrected chi connectivity index (χ3v) is 6.21. The number of amides is 1. The summed E-state index contributed by atoms with van der Waals surface area (Å²) in [5.41, 5.74) is 1.42. The first-order valence-electron chi connectivity index (χ1n) is 8.61. The Morgan fingerprint density at radius 3 is 2.83 bits per heavy atom. The number of nitrogens with zero attached hydrogens (tertiary/aromatic N) is 2. The van der Waals surface area contributed by atoms with E-state index >= 15 is 0 Å². The molecule has 0 atom stereocenters. The third-order valence-electron chi connectivity index (χ3n) is 4.25. The Hall–Kier alpha value is -3.39.